The number of aryl methyl sites for hydroxylation is 2. The summed E-state index contributed by atoms with van der Waals surface area (Å²) in [4.78, 5) is 7.74. The summed E-state index contributed by atoms with van der Waals surface area (Å²) in [5, 5.41) is 15.3. The van der Waals surface area contributed by atoms with Crippen molar-refractivity contribution in [2.45, 2.75) is 20.8 Å². The Labute approximate surface area is 175 Å². The number of hydrazone groups is 1. The van der Waals surface area contributed by atoms with Crippen LogP contribution in [0.1, 0.15) is 22.4 Å². The number of hydrogen-bond donors (Lipinski definition) is 2. The molecular weight excluding hydrogens is 447 g/mol. The van der Waals surface area contributed by atoms with Crippen molar-refractivity contribution >= 4 is 39.7 Å². The highest BCUT2D eigenvalue weighted by Gasteiger charge is 2.18. The second-order valence-corrected chi connectivity index (χ2v) is 7.49. The maximum Gasteiger partial charge on any atom is 0.243 e. The van der Waals surface area contributed by atoms with Crippen LogP contribution in [0.25, 0.3) is 11.1 Å². The lowest BCUT2D eigenvalue weighted by Gasteiger charge is -2.16. The molecule has 2 aromatic carbocycles. The van der Waals surface area contributed by atoms with Crippen LogP contribution in [0.5, 0.6) is 5.75 Å². The number of rotatable bonds is 4. The number of aromatic hydroxyl groups is 1. The molecule has 0 bridgehead atoms. The molecule has 3 aromatic rings. The fourth-order valence-corrected chi connectivity index (χ4v) is 3.87. The third-order valence-corrected chi connectivity index (χ3v) is 5.22. The summed E-state index contributed by atoms with van der Waals surface area (Å²) in [5.74, 6) is -0.245. The third-order valence-electron chi connectivity index (χ3n) is 4.28. The Bertz CT molecular complexity index is 1070. The summed E-state index contributed by atoms with van der Waals surface area (Å²) in [6.07, 6.45) is 2.51. The fraction of sp³-hybridized carbons (Fsp3) is 0.150. The molecule has 0 aliphatic heterocycles. The van der Waals surface area contributed by atoms with Crippen molar-refractivity contribution in [3.8, 4) is 16.9 Å². The lowest BCUT2D eigenvalue weighted by atomic mass is 9.94. The molecule has 1 heterocycles. The van der Waals surface area contributed by atoms with Gasteiger partial charge in [0.1, 0.15) is 5.75 Å². The number of nitrogens with one attached hydrogen (secondary N) is 1. The molecule has 0 radical (unpaired) electrons. The van der Waals surface area contributed by atoms with Crippen molar-refractivity contribution in [3.05, 3.63) is 68.2 Å². The summed E-state index contributed by atoms with van der Waals surface area (Å²) in [6.45, 7) is 5.32. The van der Waals surface area contributed by atoms with E-state index in [0.29, 0.717) is 16.1 Å². The smallest absolute Gasteiger partial charge is 0.243 e. The maximum atomic E-state index is 13.2. The summed E-state index contributed by atoms with van der Waals surface area (Å²) < 4.78 is 14.0. The molecule has 0 saturated heterocycles. The first-order valence-electron chi connectivity index (χ1n) is 8.35. The van der Waals surface area contributed by atoms with Crippen molar-refractivity contribution in [1.82, 2.24) is 9.97 Å². The van der Waals surface area contributed by atoms with E-state index in [1.54, 1.807) is 6.07 Å². The molecule has 3 rings (SSSR count). The molecule has 0 aliphatic carbocycles. The Morgan fingerprint density at radius 1 is 1.25 bits per heavy atom. The number of hydrogen-bond acceptors (Lipinski definition) is 5. The van der Waals surface area contributed by atoms with Crippen LogP contribution in [-0.4, -0.2) is 21.3 Å². The van der Waals surface area contributed by atoms with Crippen LogP contribution >= 0.6 is 27.5 Å². The molecule has 1 aromatic heterocycles. The molecular formula is C20H17BrClFN4O. The molecule has 5 nitrogen and oxygen atoms in total. The number of phenolic OH excluding ortho intramolecular Hbond substituents is 1. The van der Waals surface area contributed by atoms with Crippen LogP contribution in [0, 0.1) is 26.6 Å². The van der Waals surface area contributed by atoms with Crippen molar-refractivity contribution in [1.29, 1.82) is 0 Å². The first kappa shape index (κ1) is 20.2. The Kier molecular flexibility index (Phi) is 5.96. The molecule has 144 valence electrons. The van der Waals surface area contributed by atoms with E-state index in [0.717, 1.165) is 27.4 Å². The molecule has 0 atom stereocenters. The van der Waals surface area contributed by atoms with Crippen molar-refractivity contribution in [2.75, 3.05) is 5.43 Å². The van der Waals surface area contributed by atoms with E-state index in [1.165, 1.54) is 13.1 Å². The molecule has 0 aliphatic rings. The minimum Gasteiger partial charge on any atom is -0.507 e. The number of anilines is 1. The molecule has 0 fully saturated rings. The van der Waals surface area contributed by atoms with E-state index < -0.39 is 5.82 Å². The summed E-state index contributed by atoms with van der Waals surface area (Å²) in [7, 11) is 0. The van der Waals surface area contributed by atoms with E-state index in [2.05, 4.69) is 36.4 Å². The largest absolute Gasteiger partial charge is 0.507 e. The van der Waals surface area contributed by atoms with Gasteiger partial charge in [0, 0.05) is 31.7 Å². The van der Waals surface area contributed by atoms with Crippen LogP contribution in [-0.2, 0) is 0 Å². The second kappa shape index (κ2) is 8.24. The van der Waals surface area contributed by atoms with Crippen LogP contribution < -0.4 is 5.43 Å². The predicted octanol–water partition coefficient (Wildman–Crippen LogP) is 5.78. The standard InChI is InChI=1S/C20H17BrClFN4O/c1-10-5-4-6-15(22)17(10)18-11(2)19(28)13(7-14(18)21)8-25-27-20-24-9-16(23)12(3)26-20/h4-9,28H,1-3H3,(H,24,26,27)/b25-8-. The average molecular weight is 464 g/mol. The monoisotopic (exact) mass is 462 g/mol. The van der Waals surface area contributed by atoms with Crippen LogP contribution in [0.2, 0.25) is 5.02 Å². The zero-order valence-electron chi connectivity index (χ0n) is 15.4. The van der Waals surface area contributed by atoms with Gasteiger partial charge in [-0.25, -0.2) is 19.8 Å². The van der Waals surface area contributed by atoms with Gasteiger partial charge in [-0.15, -0.1) is 0 Å². The lowest BCUT2D eigenvalue weighted by molar-refractivity contribution is 0.470. The van der Waals surface area contributed by atoms with Crippen molar-refractivity contribution in [2.24, 2.45) is 5.10 Å². The SMILES string of the molecule is Cc1cccc(Cl)c1-c1c(Br)cc(/C=N\Nc2ncc(F)c(C)n2)c(O)c1C. The number of halogens is 3. The van der Waals surface area contributed by atoms with E-state index in [-0.39, 0.29) is 17.4 Å². The Morgan fingerprint density at radius 3 is 2.68 bits per heavy atom. The molecule has 0 amide bonds. The number of aromatic nitrogens is 2. The van der Waals surface area contributed by atoms with Crippen molar-refractivity contribution < 1.29 is 9.50 Å². The van der Waals surface area contributed by atoms with E-state index in [9.17, 15) is 9.50 Å². The highest BCUT2D eigenvalue weighted by molar-refractivity contribution is 9.10. The van der Waals surface area contributed by atoms with Gasteiger partial charge in [-0.3, -0.25) is 0 Å². The fourth-order valence-electron chi connectivity index (χ4n) is 2.81. The molecule has 0 unspecified atom stereocenters. The summed E-state index contributed by atoms with van der Waals surface area (Å²) in [6, 6.07) is 7.42. The first-order valence-corrected chi connectivity index (χ1v) is 9.52. The van der Waals surface area contributed by atoms with Gasteiger partial charge in [-0.2, -0.15) is 5.10 Å². The minimum atomic E-state index is -0.489. The van der Waals surface area contributed by atoms with E-state index >= 15 is 0 Å². The first-order chi connectivity index (χ1) is 13.3. The maximum absolute atomic E-state index is 13.2. The highest BCUT2D eigenvalue weighted by Crippen LogP contribution is 2.42. The Hall–Kier alpha value is -2.51. The number of benzene rings is 2. The van der Waals surface area contributed by atoms with Gasteiger partial charge >= 0.3 is 0 Å². The number of phenols is 1. The van der Waals surface area contributed by atoms with Crippen LogP contribution in [0.4, 0.5) is 10.3 Å². The van der Waals surface area contributed by atoms with Gasteiger partial charge in [-0.1, -0.05) is 39.7 Å². The normalized spacial score (nSPS) is 11.2. The predicted molar refractivity (Wildman–Crippen MR) is 114 cm³/mol. The third kappa shape index (κ3) is 4.00. The van der Waals surface area contributed by atoms with Gasteiger partial charge in [-0.05, 0) is 38.5 Å². The van der Waals surface area contributed by atoms with E-state index in [4.69, 9.17) is 11.6 Å². The Balaban J connectivity index is 1.95. The van der Waals surface area contributed by atoms with Gasteiger partial charge in [0.05, 0.1) is 18.1 Å². The van der Waals surface area contributed by atoms with Crippen LogP contribution in [0.3, 0.4) is 0 Å². The molecule has 0 spiro atoms. The minimum absolute atomic E-state index is 0.0827. The summed E-state index contributed by atoms with van der Waals surface area (Å²) >= 11 is 9.97. The quantitative estimate of drug-likeness (QED) is 0.380. The van der Waals surface area contributed by atoms with Gasteiger partial charge in [0.2, 0.25) is 5.95 Å². The average Bonchev–Trinajstić information content (AvgIpc) is 2.64. The summed E-state index contributed by atoms with van der Waals surface area (Å²) in [5.41, 5.74) is 6.69. The van der Waals surface area contributed by atoms with Gasteiger partial charge in [0.25, 0.3) is 0 Å². The molecule has 8 heteroatoms. The van der Waals surface area contributed by atoms with Crippen LogP contribution in [0.15, 0.2) is 40.0 Å². The topological polar surface area (TPSA) is 70.4 Å². The zero-order chi connectivity index (χ0) is 20.4. The Morgan fingerprint density at radius 2 is 2.00 bits per heavy atom. The lowest BCUT2D eigenvalue weighted by Crippen LogP contribution is -2.00. The zero-order valence-corrected chi connectivity index (χ0v) is 17.7. The molecule has 2 N–H and O–H groups in total. The molecule has 28 heavy (non-hydrogen) atoms. The second-order valence-electron chi connectivity index (χ2n) is 6.22. The van der Waals surface area contributed by atoms with Gasteiger partial charge < -0.3 is 5.11 Å². The van der Waals surface area contributed by atoms with Crippen molar-refractivity contribution in [3.63, 3.8) is 0 Å². The van der Waals surface area contributed by atoms with Gasteiger partial charge in [0.15, 0.2) is 5.82 Å². The number of nitrogens with zero attached hydrogens (tertiary/aromatic N) is 3. The van der Waals surface area contributed by atoms with E-state index in [1.807, 2.05) is 32.0 Å². The highest BCUT2D eigenvalue weighted by atomic mass is 79.9. The molecule has 0 saturated carbocycles.